The van der Waals surface area contributed by atoms with Crippen LogP contribution in [0.5, 0.6) is 0 Å². The fourth-order valence-electron chi connectivity index (χ4n) is 1.81. The van der Waals surface area contributed by atoms with Crippen molar-refractivity contribution in [2.24, 2.45) is 0 Å². The van der Waals surface area contributed by atoms with Crippen LogP contribution >= 0.6 is 15.9 Å². The summed E-state index contributed by atoms with van der Waals surface area (Å²) >= 11 is 3.43. The van der Waals surface area contributed by atoms with Crippen molar-refractivity contribution < 1.29 is 9.53 Å². The number of carbonyl (C=O) groups is 1. The highest BCUT2D eigenvalue weighted by molar-refractivity contribution is 9.10. The second kappa shape index (κ2) is 7.65. The predicted octanol–water partition coefficient (Wildman–Crippen LogP) is 3.83. The van der Waals surface area contributed by atoms with Crippen molar-refractivity contribution in [3.63, 3.8) is 0 Å². The van der Waals surface area contributed by atoms with Crippen molar-refractivity contribution in [2.75, 3.05) is 6.54 Å². The van der Waals surface area contributed by atoms with Gasteiger partial charge in [0.05, 0.1) is 0 Å². The Morgan fingerprint density at radius 1 is 1.32 bits per heavy atom. The summed E-state index contributed by atoms with van der Waals surface area (Å²) < 4.78 is 5.71. The molecule has 1 aromatic rings. The van der Waals surface area contributed by atoms with Crippen molar-refractivity contribution in [3.8, 4) is 0 Å². The van der Waals surface area contributed by atoms with Gasteiger partial charge in [-0.05, 0) is 57.9 Å². The van der Waals surface area contributed by atoms with Gasteiger partial charge in [-0.2, -0.15) is 0 Å². The highest BCUT2D eigenvalue weighted by atomic mass is 79.9. The molecule has 1 aromatic carbocycles. The topological polar surface area (TPSA) is 38.3 Å². The first kappa shape index (κ1) is 16.2. The minimum Gasteiger partial charge on any atom is -0.462 e. The number of ether oxygens (including phenoxy) is 1. The second-order valence-electron chi connectivity index (χ2n) is 5.53. The smallest absolute Gasteiger partial charge is 0.293 e. The first-order chi connectivity index (χ1) is 8.92. The van der Waals surface area contributed by atoms with E-state index in [0.29, 0.717) is 12.5 Å². The molecule has 1 fully saturated rings. The Labute approximate surface area is 123 Å². The molecule has 0 amide bonds. The Balaban J connectivity index is 0.000000224. The molecule has 0 aromatic heterocycles. The van der Waals surface area contributed by atoms with Crippen LogP contribution in [0.1, 0.15) is 45.2 Å². The van der Waals surface area contributed by atoms with Gasteiger partial charge in [-0.15, -0.1) is 0 Å². The zero-order valence-electron chi connectivity index (χ0n) is 11.8. The van der Waals surface area contributed by atoms with Crippen LogP contribution in [0.3, 0.4) is 0 Å². The van der Waals surface area contributed by atoms with E-state index in [-0.39, 0.29) is 5.60 Å². The Bertz CT molecular complexity index is 378. The van der Waals surface area contributed by atoms with Crippen LogP contribution in [0.4, 0.5) is 0 Å². The molecule has 0 radical (unpaired) electrons. The van der Waals surface area contributed by atoms with Crippen molar-refractivity contribution in [2.45, 2.75) is 45.3 Å². The standard InChI is InChI=1S/C10H12BrN.C5H10O2/c11-9-5-3-8(4-6-9)10-2-1-7-12-10;1-5(2,3)7-4-6/h3-6,10,12H,1-2,7H2;4H,1-3H3. The molecular weight excluding hydrogens is 306 g/mol. The second-order valence-corrected chi connectivity index (χ2v) is 6.44. The highest BCUT2D eigenvalue weighted by Crippen LogP contribution is 2.23. The molecule has 3 nitrogen and oxygen atoms in total. The number of rotatable bonds is 2. The molecule has 0 aliphatic carbocycles. The number of benzene rings is 1. The summed E-state index contributed by atoms with van der Waals surface area (Å²) in [6.45, 7) is 7.09. The van der Waals surface area contributed by atoms with E-state index in [1.54, 1.807) is 0 Å². The molecule has 19 heavy (non-hydrogen) atoms. The summed E-state index contributed by atoms with van der Waals surface area (Å²) in [6.07, 6.45) is 2.59. The highest BCUT2D eigenvalue weighted by Gasteiger charge is 2.15. The summed E-state index contributed by atoms with van der Waals surface area (Å²) in [4.78, 5) is 9.60. The normalized spacial score (nSPS) is 18.4. The maximum absolute atomic E-state index is 9.60. The molecule has 0 spiro atoms. The Morgan fingerprint density at radius 3 is 2.32 bits per heavy atom. The molecule has 1 aliphatic heterocycles. The Kier molecular flexibility index (Phi) is 6.52. The molecule has 1 saturated heterocycles. The van der Waals surface area contributed by atoms with Gasteiger partial charge in [-0.3, -0.25) is 4.79 Å². The molecule has 106 valence electrons. The van der Waals surface area contributed by atoms with Gasteiger partial charge >= 0.3 is 0 Å². The van der Waals surface area contributed by atoms with Crippen LogP contribution in [-0.2, 0) is 9.53 Å². The molecule has 1 unspecified atom stereocenters. The van der Waals surface area contributed by atoms with Gasteiger partial charge in [0, 0.05) is 10.5 Å². The molecule has 0 saturated carbocycles. The average molecular weight is 328 g/mol. The van der Waals surface area contributed by atoms with Crippen molar-refractivity contribution in [1.29, 1.82) is 0 Å². The number of hydrogen-bond donors (Lipinski definition) is 1. The van der Waals surface area contributed by atoms with Crippen LogP contribution in [0.15, 0.2) is 28.7 Å². The lowest BCUT2D eigenvalue weighted by atomic mass is 10.1. The van der Waals surface area contributed by atoms with E-state index in [9.17, 15) is 4.79 Å². The number of carbonyl (C=O) groups excluding carboxylic acids is 1. The fraction of sp³-hybridized carbons (Fsp3) is 0.533. The third-order valence-electron chi connectivity index (χ3n) is 2.73. The third kappa shape index (κ3) is 6.73. The lowest BCUT2D eigenvalue weighted by Gasteiger charge is -2.14. The maximum Gasteiger partial charge on any atom is 0.293 e. The number of halogens is 1. The van der Waals surface area contributed by atoms with Gasteiger partial charge in [0.25, 0.3) is 6.47 Å². The van der Waals surface area contributed by atoms with E-state index in [2.05, 4.69) is 50.2 Å². The monoisotopic (exact) mass is 327 g/mol. The first-order valence-electron chi connectivity index (χ1n) is 6.53. The quantitative estimate of drug-likeness (QED) is 0.839. The lowest BCUT2D eigenvalue weighted by Crippen LogP contribution is -2.17. The summed E-state index contributed by atoms with van der Waals surface area (Å²) in [7, 11) is 0. The van der Waals surface area contributed by atoms with Crippen LogP contribution in [-0.4, -0.2) is 18.6 Å². The molecule has 0 bridgehead atoms. The minimum atomic E-state index is -0.318. The summed E-state index contributed by atoms with van der Waals surface area (Å²) in [5, 5.41) is 3.48. The van der Waals surface area contributed by atoms with Gasteiger partial charge in [-0.1, -0.05) is 28.1 Å². The Hall–Kier alpha value is -0.870. The van der Waals surface area contributed by atoms with Crippen LogP contribution in [0.25, 0.3) is 0 Å². The van der Waals surface area contributed by atoms with Gasteiger partial charge in [0.1, 0.15) is 5.60 Å². The van der Waals surface area contributed by atoms with Crippen LogP contribution in [0, 0.1) is 0 Å². The van der Waals surface area contributed by atoms with E-state index in [4.69, 9.17) is 0 Å². The minimum absolute atomic E-state index is 0.318. The van der Waals surface area contributed by atoms with E-state index >= 15 is 0 Å². The average Bonchev–Trinajstić information content (AvgIpc) is 2.83. The van der Waals surface area contributed by atoms with E-state index < -0.39 is 0 Å². The fourth-order valence-corrected chi connectivity index (χ4v) is 2.07. The van der Waals surface area contributed by atoms with Gasteiger partial charge in [0.2, 0.25) is 0 Å². The number of nitrogens with one attached hydrogen (secondary N) is 1. The molecule has 2 rings (SSSR count). The van der Waals surface area contributed by atoms with Crippen molar-refractivity contribution in [3.05, 3.63) is 34.3 Å². The predicted molar refractivity (Wildman–Crippen MR) is 81.0 cm³/mol. The number of hydrogen-bond acceptors (Lipinski definition) is 3. The van der Waals surface area contributed by atoms with Crippen molar-refractivity contribution >= 4 is 22.4 Å². The first-order valence-corrected chi connectivity index (χ1v) is 7.32. The third-order valence-corrected chi connectivity index (χ3v) is 3.26. The maximum atomic E-state index is 9.60. The van der Waals surface area contributed by atoms with E-state index in [0.717, 1.165) is 4.47 Å². The molecule has 1 N–H and O–H groups in total. The van der Waals surface area contributed by atoms with Crippen LogP contribution < -0.4 is 5.32 Å². The lowest BCUT2D eigenvalue weighted by molar-refractivity contribution is -0.138. The SMILES string of the molecule is Brc1ccc(C2CCCN2)cc1.CC(C)(C)OC=O. The van der Waals surface area contributed by atoms with Gasteiger partial charge in [0.15, 0.2) is 0 Å². The molecule has 1 atom stereocenters. The summed E-state index contributed by atoms with van der Waals surface area (Å²) in [6, 6.07) is 9.18. The largest absolute Gasteiger partial charge is 0.462 e. The molecule has 1 aliphatic rings. The van der Waals surface area contributed by atoms with E-state index in [1.165, 1.54) is 24.9 Å². The Morgan fingerprint density at radius 2 is 1.95 bits per heavy atom. The van der Waals surface area contributed by atoms with Crippen LogP contribution in [0.2, 0.25) is 0 Å². The van der Waals surface area contributed by atoms with Gasteiger partial charge in [-0.25, -0.2) is 0 Å². The molecule has 4 heteroatoms. The zero-order valence-corrected chi connectivity index (χ0v) is 13.4. The van der Waals surface area contributed by atoms with Gasteiger partial charge < -0.3 is 10.1 Å². The van der Waals surface area contributed by atoms with Crippen molar-refractivity contribution in [1.82, 2.24) is 5.32 Å². The summed E-state index contributed by atoms with van der Waals surface area (Å²) in [5.41, 5.74) is 1.09. The molecular formula is C15H22BrNO2. The van der Waals surface area contributed by atoms with E-state index in [1.807, 2.05) is 20.8 Å². The zero-order chi connectivity index (χ0) is 14.3. The summed E-state index contributed by atoms with van der Waals surface area (Å²) in [5.74, 6) is 0. The molecule has 1 heterocycles.